The maximum absolute atomic E-state index is 11.8. The topological polar surface area (TPSA) is 66.0 Å². The molecule has 1 amide bonds. The number of guanidine groups is 1. The molecule has 1 saturated carbocycles. The molecule has 0 aromatic heterocycles. The third-order valence-electron chi connectivity index (χ3n) is 5.47. The van der Waals surface area contributed by atoms with Crippen molar-refractivity contribution in [2.75, 3.05) is 46.9 Å². The quantitative estimate of drug-likeness (QED) is 0.349. The van der Waals surface area contributed by atoms with Crippen molar-refractivity contribution in [2.24, 2.45) is 22.2 Å². The Labute approximate surface area is 175 Å². The molecule has 1 aliphatic carbocycles. The van der Waals surface area contributed by atoms with Crippen LogP contribution in [0.5, 0.6) is 0 Å². The molecule has 2 N–H and O–H groups in total. The van der Waals surface area contributed by atoms with Gasteiger partial charge in [0, 0.05) is 39.7 Å². The fraction of sp³-hybridized carbons (Fsp3) is 0.895. The van der Waals surface area contributed by atoms with Crippen LogP contribution in [0, 0.1) is 17.3 Å². The first-order valence-electron chi connectivity index (χ1n) is 9.66. The maximum Gasteiger partial charge on any atom is 0.243 e. The largest absolute Gasteiger partial charge is 0.381 e. The summed E-state index contributed by atoms with van der Waals surface area (Å²) in [5.74, 6) is 2.00. The van der Waals surface area contributed by atoms with Gasteiger partial charge in [0.25, 0.3) is 0 Å². The summed E-state index contributed by atoms with van der Waals surface area (Å²) >= 11 is 0. The third kappa shape index (κ3) is 8.41. The van der Waals surface area contributed by atoms with E-state index in [4.69, 9.17) is 4.74 Å². The van der Waals surface area contributed by atoms with Crippen molar-refractivity contribution in [3.63, 3.8) is 0 Å². The first kappa shape index (κ1) is 23.5. The number of amides is 1. The predicted molar refractivity (Wildman–Crippen MR) is 117 cm³/mol. The fourth-order valence-electron chi connectivity index (χ4n) is 3.35. The van der Waals surface area contributed by atoms with Crippen LogP contribution in [0.2, 0.25) is 0 Å². The highest BCUT2D eigenvalue weighted by Crippen LogP contribution is 2.37. The van der Waals surface area contributed by atoms with Gasteiger partial charge in [-0.25, -0.2) is 4.99 Å². The van der Waals surface area contributed by atoms with Crippen molar-refractivity contribution in [1.82, 2.24) is 15.5 Å². The van der Waals surface area contributed by atoms with Crippen LogP contribution in [0.15, 0.2) is 4.99 Å². The summed E-state index contributed by atoms with van der Waals surface area (Å²) < 4.78 is 5.43. The van der Waals surface area contributed by atoms with Crippen molar-refractivity contribution in [2.45, 2.75) is 46.0 Å². The molecule has 6 nitrogen and oxygen atoms in total. The Morgan fingerprint density at radius 2 is 1.73 bits per heavy atom. The van der Waals surface area contributed by atoms with E-state index in [1.165, 1.54) is 25.7 Å². The monoisotopic (exact) mass is 480 g/mol. The van der Waals surface area contributed by atoms with Crippen LogP contribution in [0.3, 0.4) is 0 Å². The zero-order valence-electron chi connectivity index (χ0n) is 16.8. The van der Waals surface area contributed by atoms with Gasteiger partial charge in [-0.05, 0) is 43.4 Å². The van der Waals surface area contributed by atoms with E-state index in [2.05, 4.69) is 29.5 Å². The molecule has 2 aliphatic rings. The molecule has 0 aromatic carbocycles. The second kappa shape index (κ2) is 11.3. The minimum Gasteiger partial charge on any atom is -0.381 e. The molecule has 2 rings (SSSR count). The van der Waals surface area contributed by atoms with Crippen molar-refractivity contribution in [3.05, 3.63) is 0 Å². The number of nitrogens with zero attached hydrogens (tertiary/aromatic N) is 2. The molecule has 0 aromatic rings. The Morgan fingerprint density at radius 3 is 2.27 bits per heavy atom. The molecule has 1 saturated heterocycles. The second-order valence-corrected chi connectivity index (χ2v) is 8.55. The highest BCUT2D eigenvalue weighted by atomic mass is 127. The van der Waals surface area contributed by atoms with Crippen molar-refractivity contribution >= 4 is 35.8 Å². The Hall–Kier alpha value is -0.570. The minimum absolute atomic E-state index is 0. The Kier molecular flexibility index (Phi) is 10.2. The second-order valence-electron chi connectivity index (χ2n) is 8.55. The lowest BCUT2D eigenvalue weighted by Crippen LogP contribution is -2.43. The SMILES string of the molecule is CN(C)C(=O)CN=C(NCC1CCC(C)(C)CC1)NCC1CCOC1.I. The lowest BCUT2D eigenvalue weighted by molar-refractivity contribution is -0.127. The summed E-state index contributed by atoms with van der Waals surface area (Å²) in [6.07, 6.45) is 6.20. The summed E-state index contributed by atoms with van der Waals surface area (Å²) in [5, 5.41) is 6.86. The van der Waals surface area contributed by atoms with Crippen LogP contribution in [0.25, 0.3) is 0 Å². The van der Waals surface area contributed by atoms with Gasteiger partial charge in [-0.3, -0.25) is 4.79 Å². The number of carbonyl (C=O) groups is 1. The number of likely N-dealkylation sites (N-methyl/N-ethyl adjacent to an activating group) is 1. The Bertz CT molecular complexity index is 452. The van der Waals surface area contributed by atoms with Gasteiger partial charge in [0.1, 0.15) is 6.54 Å². The molecular formula is C19H37IN4O2. The number of ether oxygens (including phenoxy) is 1. The molecule has 26 heavy (non-hydrogen) atoms. The number of carbonyl (C=O) groups excluding carboxylic acids is 1. The minimum atomic E-state index is 0. The molecule has 0 radical (unpaired) electrons. The summed E-state index contributed by atoms with van der Waals surface area (Å²) in [6, 6.07) is 0. The van der Waals surface area contributed by atoms with E-state index in [1.807, 2.05) is 0 Å². The van der Waals surface area contributed by atoms with Gasteiger partial charge in [0.2, 0.25) is 5.91 Å². The molecule has 1 atom stereocenters. The number of halogens is 1. The number of aliphatic imine (C=N–C) groups is 1. The maximum atomic E-state index is 11.8. The first-order valence-corrected chi connectivity index (χ1v) is 9.66. The molecule has 0 bridgehead atoms. The van der Waals surface area contributed by atoms with E-state index < -0.39 is 0 Å². The van der Waals surface area contributed by atoms with Gasteiger partial charge in [0.15, 0.2) is 5.96 Å². The standard InChI is InChI=1S/C19H36N4O2.HI/c1-19(2)8-5-15(6-9-19)11-20-18(22-13-17(24)23(3)4)21-12-16-7-10-25-14-16;/h15-16H,5-14H2,1-4H3,(H2,20,21,22);1H. The highest BCUT2D eigenvalue weighted by molar-refractivity contribution is 14.0. The molecule has 1 heterocycles. The number of nitrogens with one attached hydrogen (secondary N) is 2. The highest BCUT2D eigenvalue weighted by Gasteiger charge is 2.26. The Morgan fingerprint density at radius 1 is 1.12 bits per heavy atom. The van der Waals surface area contributed by atoms with Gasteiger partial charge >= 0.3 is 0 Å². The average Bonchev–Trinajstić information content (AvgIpc) is 3.08. The molecule has 1 unspecified atom stereocenters. The summed E-state index contributed by atoms with van der Waals surface area (Å²) in [6.45, 7) is 8.35. The van der Waals surface area contributed by atoms with E-state index in [0.29, 0.717) is 17.3 Å². The van der Waals surface area contributed by atoms with Crippen LogP contribution in [0.4, 0.5) is 0 Å². The normalized spacial score (nSPS) is 23.2. The van der Waals surface area contributed by atoms with Gasteiger partial charge < -0.3 is 20.3 Å². The molecule has 0 spiro atoms. The summed E-state index contributed by atoms with van der Waals surface area (Å²) in [5.41, 5.74) is 0.492. The number of rotatable bonds is 6. The zero-order valence-corrected chi connectivity index (χ0v) is 19.2. The van der Waals surface area contributed by atoms with Gasteiger partial charge in [-0.15, -0.1) is 24.0 Å². The van der Waals surface area contributed by atoms with Gasteiger partial charge in [-0.1, -0.05) is 13.8 Å². The third-order valence-corrected chi connectivity index (χ3v) is 5.47. The van der Waals surface area contributed by atoms with Crippen molar-refractivity contribution < 1.29 is 9.53 Å². The lowest BCUT2D eigenvalue weighted by Gasteiger charge is -2.34. The molecule has 1 aliphatic heterocycles. The molecular weight excluding hydrogens is 443 g/mol. The smallest absolute Gasteiger partial charge is 0.243 e. The first-order chi connectivity index (χ1) is 11.9. The molecule has 7 heteroatoms. The fourth-order valence-corrected chi connectivity index (χ4v) is 3.35. The average molecular weight is 480 g/mol. The summed E-state index contributed by atoms with van der Waals surface area (Å²) in [4.78, 5) is 17.9. The van der Waals surface area contributed by atoms with E-state index in [0.717, 1.165) is 38.7 Å². The van der Waals surface area contributed by atoms with Crippen LogP contribution in [-0.2, 0) is 9.53 Å². The summed E-state index contributed by atoms with van der Waals surface area (Å²) in [7, 11) is 3.52. The van der Waals surface area contributed by atoms with E-state index in [-0.39, 0.29) is 36.4 Å². The van der Waals surface area contributed by atoms with Crippen molar-refractivity contribution in [3.8, 4) is 0 Å². The molecule has 2 fully saturated rings. The van der Waals surface area contributed by atoms with Crippen molar-refractivity contribution in [1.29, 1.82) is 0 Å². The lowest BCUT2D eigenvalue weighted by atomic mass is 9.73. The number of hydrogen-bond donors (Lipinski definition) is 2. The molecule has 152 valence electrons. The van der Waals surface area contributed by atoms with Gasteiger partial charge in [-0.2, -0.15) is 0 Å². The van der Waals surface area contributed by atoms with E-state index in [9.17, 15) is 4.79 Å². The van der Waals surface area contributed by atoms with Gasteiger partial charge in [0.05, 0.1) is 6.61 Å². The van der Waals surface area contributed by atoms with Crippen LogP contribution in [0.1, 0.15) is 46.0 Å². The van der Waals surface area contributed by atoms with Crippen LogP contribution < -0.4 is 10.6 Å². The Balaban J connectivity index is 0.00000338. The number of hydrogen-bond acceptors (Lipinski definition) is 3. The van der Waals surface area contributed by atoms with Crippen LogP contribution in [-0.4, -0.2) is 63.7 Å². The predicted octanol–water partition coefficient (Wildman–Crippen LogP) is 2.48. The van der Waals surface area contributed by atoms with E-state index >= 15 is 0 Å². The van der Waals surface area contributed by atoms with Crippen LogP contribution >= 0.6 is 24.0 Å². The van der Waals surface area contributed by atoms with E-state index in [1.54, 1.807) is 19.0 Å². The zero-order chi connectivity index (χ0) is 18.3.